The van der Waals surface area contributed by atoms with Crippen molar-refractivity contribution in [2.24, 2.45) is 0 Å². The number of aromatic nitrogens is 2. The van der Waals surface area contributed by atoms with Gasteiger partial charge in [0.2, 0.25) is 11.8 Å². The van der Waals surface area contributed by atoms with E-state index in [-0.39, 0.29) is 35.2 Å². The molecule has 4 aromatic rings. The van der Waals surface area contributed by atoms with E-state index in [1.165, 1.54) is 23.9 Å². The predicted molar refractivity (Wildman–Crippen MR) is 148 cm³/mol. The Kier molecular flexibility index (Phi) is 7.43. The second-order valence-corrected chi connectivity index (χ2v) is 10.9. The van der Waals surface area contributed by atoms with Crippen molar-refractivity contribution >= 4 is 40.7 Å². The first-order valence-corrected chi connectivity index (χ1v) is 14.1. The van der Waals surface area contributed by atoms with Gasteiger partial charge in [0.05, 0.1) is 21.6 Å². The molecule has 5 rings (SSSR count). The summed E-state index contributed by atoms with van der Waals surface area (Å²) in [5.41, 5.74) is 4.29. The molecule has 1 atom stereocenters. The molecular formula is C28H27FN4O2S2. The summed E-state index contributed by atoms with van der Waals surface area (Å²) < 4.78 is 15.6. The zero-order valence-corrected chi connectivity index (χ0v) is 22.2. The molecule has 0 aliphatic carbocycles. The van der Waals surface area contributed by atoms with Crippen molar-refractivity contribution in [2.45, 2.75) is 25.5 Å². The van der Waals surface area contributed by atoms with Crippen LogP contribution in [-0.4, -0.2) is 40.4 Å². The molecule has 3 heterocycles. The van der Waals surface area contributed by atoms with Crippen LogP contribution >= 0.6 is 23.1 Å². The molecule has 0 saturated carbocycles. The Morgan fingerprint density at radius 1 is 1.14 bits per heavy atom. The Morgan fingerprint density at radius 3 is 2.62 bits per heavy atom. The van der Waals surface area contributed by atoms with Crippen molar-refractivity contribution in [3.63, 3.8) is 0 Å². The van der Waals surface area contributed by atoms with Gasteiger partial charge in [-0.1, -0.05) is 43.3 Å². The third-order valence-electron chi connectivity index (χ3n) is 6.23. The highest BCUT2D eigenvalue weighted by Gasteiger charge is 2.38. The van der Waals surface area contributed by atoms with E-state index in [1.54, 1.807) is 33.1 Å². The van der Waals surface area contributed by atoms with E-state index >= 15 is 0 Å². The summed E-state index contributed by atoms with van der Waals surface area (Å²) in [7, 11) is 0. The molecule has 190 valence electrons. The molecule has 6 nitrogen and oxygen atoms in total. The number of nitrogens with one attached hydrogen (secondary N) is 1. The van der Waals surface area contributed by atoms with Crippen molar-refractivity contribution in [1.29, 1.82) is 0 Å². The topological polar surface area (TPSA) is 67.2 Å². The van der Waals surface area contributed by atoms with E-state index in [9.17, 15) is 14.0 Å². The molecule has 0 spiro atoms. The van der Waals surface area contributed by atoms with Crippen LogP contribution in [0.2, 0.25) is 0 Å². The predicted octanol–water partition coefficient (Wildman–Crippen LogP) is 5.74. The monoisotopic (exact) mass is 534 g/mol. The molecule has 1 N–H and O–H groups in total. The van der Waals surface area contributed by atoms with E-state index in [4.69, 9.17) is 5.10 Å². The lowest BCUT2D eigenvalue weighted by atomic mass is 10.0. The standard InChI is InChI=1S/C28H27FN4O2S2/c1-3-14-30-23(34)16-32-24(35)17-37-27(19-10-12-20(29)13-11-19)25-26(22-9-6-15-36-22)31-33(28(25)32)21-8-5-4-7-18(21)2/h4-13,15,27H,3,14,16-17H2,1-2H3,(H,30,34). The first-order valence-electron chi connectivity index (χ1n) is 12.1. The average Bonchev–Trinajstić information content (AvgIpc) is 3.53. The number of nitrogens with zero attached hydrogens (tertiary/aromatic N) is 3. The van der Waals surface area contributed by atoms with Crippen LogP contribution in [0.4, 0.5) is 10.2 Å². The van der Waals surface area contributed by atoms with Crippen LogP contribution in [0, 0.1) is 12.7 Å². The first kappa shape index (κ1) is 25.2. The fourth-order valence-corrected chi connectivity index (χ4v) is 6.37. The molecule has 0 radical (unpaired) electrons. The number of thioether (sulfide) groups is 1. The van der Waals surface area contributed by atoms with Gasteiger partial charge >= 0.3 is 0 Å². The highest BCUT2D eigenvalue weighted by atomic mass is 32.2. The maximum atomic E-state index is 13.8. The van der Waals surface area contributed by atoms with E-state index in [0.717, 1.165) is 39.4 Å². The van der Waals surface area contributed by atoms with Gasteiger partial charge in [-0.05, 0) is 54.1 Å². The van der Waals surface area contributed by atoms with Crippen molar-refractivity contribution < 1.29 is 14.0 Å². The maximum Gasteiger partial charge on any atom is 0.240 e. The van der Waals surface area contributed by atoms with Crippen LogP contribution in [0.3, 0.4) is 0 Å². The molecule has 1 aliphatic rings. The summed E-state index contributed by atoms with van der Waals surface area (Å²) in [6, 6.07) is 18.2. The largest absolute Gasteiger partial charge is 0.355 e. The molecule has 0 saturated heterocycles. The van der Waals surface area contributed by atoms with Gasteiger partial charge in [-0.3, -0.25) is 14.5 Å². The minimum absolute atomic E-state index is 0.107. The highest BCUT2D eigenvalue weighted by molar-refractivity contribution is 8.00. The summed E-state index contributed by atoms with van der Waals surface area (Å²) in [6.07, 6.45) is 0.803. The molecule has 1 aliphatic heterocycles. The minimum Gasteiger partial charge on any atom is -0.355 e. The molecule has 2 aromatic heterocycles. The molecule has 0 bridgehead atoms. The van der Waals surface area contributed by atoms with Gasteiger partial charge in [-0.25, -0.2) is 9.07 Å². The molecule has 37 heavy (non-hydrogen) atoms. The molecule has 0 fully saturated rings. The van der Waals surface area contributed by atoms with Gasteiger partial charge in [0.15, 0.2) is 0 Å². The van der Waals surface area contributed by atoms with Crippen LogP contribution in [0.5, 0.6) is 0 Å². The Morgan fingerprint density at radius 2 is 1.92 bits per heavy atom. The van der Waals surface area contributed by atoms with E-state index in [0.29, 0.717) is 12.4 Å². The quantitative estimate of drug-likeness (QED) is 0.328. The van der Waals surface area contributed by atoms with Crippen molar-refractivity contribution in [3.8, 4) is 16.3 Å². The van der Waals surface area contributed by atoms with Crippen molar-refractivity contribution in [3.05, 3.63) is 88.6 Å². The third-order valence-corrected chi connectivity index (χ3v) is 8.37. The van der Waals surface area contributed by atoms with E-state index in [1.807, 2.05) is 55.6 Å². The number of amides is 2. The van der Waals surface area contributed by atoms with E-state index < -0.39 is 0 Å². The summed E-state index contributed by atoms with van der Waals surface area (Å²) in [5.74, 6) is 0.0438. The molecule has 2 amide bonds. The van der Waals surface area contributed by atoms with Gasteiger partial charge in [0.25, 0.3) is 0 Å². The summed E-state index contributed by atoms with van der Waals surface area (Å²) in [4.78, 5) is 29.0. The lowest BCUT2D eigenvalue weighted by Gasteiger charge is -2.23. The number of carbonyl (C=O) groups excluding carboxylic acids is 2. The lowest BCUT2D eigenvalue weighted by Crippen LogP contribution is -2.42. The number of fused-ring (bicyclic) bond motifs is 1. The molecule has 2 aromatic carbocycles. The van der Waals surface area contributed by atoms with Gasteiger partial charge < -0.3 is 5.32 Å². The number of halogens is 1. The van der Waals surface area contributed by atoms with Gasteiger partial charge in [-0.2, -0.15) is 5.10 Å². The number of aryl methyl sites for hydroxylation is 1. The minimum atomic E-state index is -0.318. The zero-order chi connectivity index (χ0) is 25.9. The van der Waals surface area contributed by atoms with Crippen LogP contribution in [0.25, 0.3) is 16.3 Å². The fourth-order valence-electron chi connectivity index (χ4n) is 4.45. The molecule has 9 heteroatoms. The number of carbonyl (C=O) groups is 2. The SMILES string of the molecule is CCCNC(=O)CN1C(=O)CSC(c2ccc(F)cc2)c2c(-c3cccs3)nn(-c3ccccc3C)c21. The van der Waals surface area contributed by atoms with Crippen LogP contribution < -0.4 is 10.2 Å². The van der Waals surface area contributed by atoms with Crippen LogP contribution in [-0.2, 0) is 9.59 Å². The second kappa shape index (κ2) is 10.9. The average molecular weight is 535 g/mol. The normalized spacial score (nSPS) is 15.4. The number of rotatable bonds is 7. The number of para-hydroxylation sites is 1. The molecular weight excluding hydrogens is 507 g/mol. The van der Waals surface area contributed by atoms with Gasteiger partial charge in [0, 0.05) is 12.1 Å². The highest BCUT2D eigenvalue weighted by Crippen LogP contribution is 2.49. The summed E-state index contributed by atoms with van der Waals surface area (Å²) in [6.45, 7) is 4.42. The number of anilines is 1. The Hall–Kier alpha value is -3.43. The third kappa shape index (κ3) is 5.06. The van der Waals surface area contributed by atoms with Crippen LogP contribution in [0.1, 0.15) is 35.3 Å². The zero-order valence-electron chi connectivity index (χ0n) is 20.6. The van der Waals surface area contributed by atoms with Crippen LogP contribution in [0.15, 0.2) is 66.0 Å². The number of thiophene rings is 1. The first-order chi connectivity index (χ1) is 18.0. The van der Waals surface area contributed by atoms with Crippen molar-refractivity contribution in [2.75, 3.05) is 23.7 Å². The number of hydrogen-bond donors (Lipinski definition) is 1. The Bertz CT molecular complexity index is 1420. The Balaban J connectivity index is 1.78. The number of hydrogen-bond acceptors (Lipinski definition) is 5. The molecule has 1 unspecified atom stereocenters. The number of benzene rings is 2. The second-order valence-electron chi connectivity index (χ2n) is 8.83. The van der Waals surface area contributed by atoms with E-state index in [2.05, 4.69) is 5.32 Å². The fraction of sp³-hybridized carbons (Fsp3) is 0.250. The lowest BCUT2D eigenvalue weighted by molar-refractivity contribution is -0.122. The maximum absolute atomic E-state index is 13.8. The van der Waals surface area contributed by atoms with Gasteiger partial charge in [-0.15, -0.1) is 23.1 Å². The van der Waals surface area contributed by atoms with Crippen molar-refractivity contribution in [1.82, 2.24) is 15.1 Å². The summed E-state index contributed by atoms with van der Waals surface area (Å²) in [5, 5.41) is 9.68. The summed E-state index contributed by atoms with van der Waals surface area (Å²) >= 11 is 3.04. The smallest absolute Gasteiger partial charge is 0.240 e. The Labute approximate surface area is 223 Å². The van der Waals surface area contributed by atoms with Gasteiger partial charge in [0.1, 0.15) is 23.9 Å².